The highest BCUT2D eigenvalue weighted by Crippen LogP contribution is 2.74. The molecule has 8 bridgehead atoms. The van der Waals surface area contributed by atoms with E-state index in [1.165, 1.54) is 42.9 Å². The van der Waals surface area contributed by atoms with E-state index >= 15 is 0 Å². The Morgan fingerprint density at radius 3 is 2.17 bits per heavy atom. The minimum absolute atomic E-state index is 0.0577. The first-order valence-corrected chi connectivity index (χ1v) is 21.0. The van der Waals surface area contributed by atoms with Gasteiger partial charge in [0.25, 0.3) is 9.76 Å². The maximum absolute atomic E-state index is 7.11. The van der Waals surface area contributed by atoms with Crippen LogP contribution in [0.25, 0.3) is 0 Å². The highest BCUT2D eigenvalue weighted by molar-refractivity contribution is 7.19. The van der Waals surface area contributed by atoms with Crippen molar-refractivity contribution in [2.45, 2.75) is 138 Å². The topological polar surface area (TPSA) is 36.9 Å². The quantitative estimate of drug-likeness (QED) is 0.275. The van der Waals surface area contributed by atoms with Crippen LogP contribution in [0.4, 0.5) is 0 Å². The molecule has 1 aromatic carbocycles. The van der Waals surface area contributed by atoms with Crippen LogP contribution < -0.4 is 5.19 Å². The van der Waals surface area contributed by atoms with Crippen LogP contribution in [0.2, 0.25) is 19.6 Å². The van der Waals surface area contributed by atoms with Gasteiger partial charge < -0.3 is 18.3 Å². The molecule has 11 atom stereocenters. The molecule has 0 N–H and O–H groups in total. The lowest BCUT2D eigenvalue weighted by Crippen LogP contribution is -2.85. The van der Waals surface area contributed by atoms with E-state index in [2.05, 4.69) is 97.9 Å². The molecule has 8 aliphatic rings. The second-order valence-corrected chi connectivity index (χ2v) is 24.4. The lowest BCUT2D eigenvalue weighted by atomic mass is 9.42. The number of rotatable bonds is 5. The first-order valence-electron chi connectivity index (χ1n) is 15.6. The Balaban J connectivity index is 1.46. The summed E-state index contributed by atoms with van der Waals surface area (Å²) in [7, 11) is 5.57. The molecular weight excluding hydrogens is 566 g/mol. The van der Waals surface area contributed by atoms with Crippen LogP contribution in [0.5, 0.6) is 0 Å². The summed E-state index contributed by atoms with van der Waals surface area (Å²) in [5.41, 5.74) is 2.16. The van der Waals surface area contributed by atoms with E-state index in [9.17, 15) is 0 Å². The fourth-order valence-corrected chi connectivity index (χ4v) is 14.4. The summed E-state index contributed by atoms with van der Waals surface area (Å²) >= 11 is 0. The summed E-state index contributed by atoms with van der Waals surface area (Å²) in [6.45, 7) is 20.7. The Bertz CT molecular complexity index is 1250. The van der Waals surface area contributed by atoms with Gasteiger partial charge in [0, 0.05) is 17.8 Å². The molecule has 1 aromatic rings. The van der Waals surface area contributed by atoms with Crippen molar-refractivity contribution in [2.75, 3.05) is 0 Å². The Kier molecular flexibility index (Phi) is 6.06. The lowest BCUT2D eigenvalue weighted by Gasteiger charge is -2.76. The van der Waals surface area contributed by atoms with Crippen molar-refractivity contribution in [3.63, 3.8) is 0 Å². The molecule has 9 rings (SSSR count). The van der Waals surface area contributed by atoms with Crippen LogP contribution in [-0.4, -0.2) is 46.0 Å². The molecule has 11 unspecified atom stereocenters. The van der Waals surface area contributed by atoms with Gasteiger partial charge in [-0.15, -0.1) is 18.5 Å². The van der Waals surface area contributed by atoms with E-state index < -0.39 is 36.2 Å². The molecule has 2 radical (unpaired) electrons. The minimum atomic E-state index is -1.64. The van der Waals surface area contributed by atoms with Crippen LogP contribution in [0.15, 0.2) is 18.2 Å². The van der Waals surface area contributed by atoms with Crippen molar-refractivity contribution in [2.24, 2.45) is 23.7 Å². The average Bonchev–Trinajstić information content (AvgIpc) is 2.81. The van der Waals surface area contributed by atoms with Crippen molar-refractivity contribution < 1.29 is 18.3 Å². The van der Waals surface area contributed by atoms with Crippen LogP contribution in [-0.2, 0) is 28.9 Å². The smallest absolute Gasteiger partial charge is 0.256 e. The Morgan fingerprint density at radius 2 is 1.55 bits per heavy atom. The van der Waals surface area contributed by atoms with Crippen molar-refractivity contribution in [3.8, 4) is 0 Å². The van der Waals surface area contributed by atoms with Gasteiger partial charge in [-0.3, -0.25) is 0 Å². The predicted molar refractivity (Wildman–Crippen MR) is 172 cm³/mol. The zero-order valence-corrected chi connectivity index (χ0v) is 30.4. The summed E-state index contributed by atoms with van der Waals surface area (Å²) in [6, 6.07) is 7.39. The van der Waals surface area contributed by atoms with Gasteiger partial charge in [-0.2, -0.15) is 0 Å². The van der Waals surface area contributed by atoms with Gasteiger partial charge in [-0.05, 0) is 119 Å². The van der Waals surface area contributed by atoms with Crippen molar-refractivity contribution >= 4 is 41.7 Å². The maximum Gasteiger partial charge on any atom is 0.256 e. The van der Waals surface area contributed by atoms with E-state index in [1.807, 2.05) is 0 Å². The van der Waals surface area contributed by atoms with Gasteiger partial charge in [0.05, 0.1) is 16.4 Å². The highest BCUT2D eigenvalue weighted by atomic mass is 31.0. The Hall–Kier alpha value is 0.354. The summed E-state index contributed by atoms with van der Waals surface area (Å²) in [6.07, 6.45) is 7.51. The summed E-state index contributed by atoms with van der Waals surface area (Å²) in [4.78, 5) is 0. The van der Waals surface area contributed by atoms with E-state index in [4.69, 9.17) is 18.3 Å². The normalized spacial score (nSPS) is 54.4. The van der Waals surface area contributed by atoms with Gasteiger partial charge in [0.1, 0.15) is 0 Å². The van der Waals surface area contributed by atoms with E-state index in [0.29, 0.717) is 16.2 Å². The number of hydrogen-bond acceptors (Lipinski definition) is 4. The standard InChI is InChI=1S/C32H50O4P2Si2/c1-19-28(4)32(38,26(2)18-27(3,34-28)35-30(19,6)33-26)24-11-10-23(39-36-40(7,8)9)15-25(24)31-16-20-12-21(17-31)14-22(13-20)29(31,5)37/h10-11,15,19-22H,12-14,16-18,37-38H2,1-9H3. The van der Waals surface area contributed by atoms with Crippen molar-refractivity contribution in [1.82, 2.24) is 0 Å². The van der Waals surface area contributed by atoms with Crippen molar-refractivity contribution in [1.29, 1.82) is 0 Å². The largest absolute Gasteiger partial charge is 0.453 e. The minimum Gasteiger partial charge on any atom is -0.453 e. The number of benzene rings is 1. The third-order valence-corrected chi connectivity index (χ3v) is 18.6. The molecule has 0 amide bonds. The Morgan fingerprint density at radius 1 is 0.900 bits per heavy atom. The van der Waals surface area contributed by atoms with Crippen molar-refractivity contribution in [3.05, 3.63) is 29.3 Å². The monoisotopic (exact) mass is 616 g/mol. The Labute approximate surface area is 250 Å². The maximum atomic E-state index is 7.11. The molecular formula is C32H50O4P2Si2. The molecule has 4 saturated heterocycles. The van der Waals surface area contributed by atoms with Gasteiger partial charge >= 0.3 is 0 Å². The average molecular weight is 617 g/mol. The molecule has 0 aromatic heterocycles. The third-order valence-electron chi connectivity index (χ3n) is 12.7. The lowest BCUT2D eigenvalue weighted by molar-refractivity contribution is -0.542. The predicted octanol–water partition coefficient (Wildman–Crippen LogP) is 6.63. The molecule has 220 valence electrons. The molecule has 4 saturated carbocycles. The van der Waals surface area contributed by atoms with Gasteiger partial charge in [0.15, 0.2) is 19.9 Å². The van der Waals surface area contributed by atoms with Gasteiger partial charge in [-0.25, -0.2) is 0 Å². The summed E-state index contributed by atoms with van der Waals surface area (Å²) in [5.74, 6) is 1.19. The number of ether oxygens (including phenoxy) is 3. The molecule has 0 spiro atoms. The first-order chi connectivity index (χ1) is 18.3. The zero-order valence-electron chi connectivity index (χ0n) is 26.1. The van der Waals surface area contributed by atoms with Gasteiger partial charge in [0.2, 0.25) is 0 Å². The summed E-state index contributed by atoms with van der Waals surface area (Å²) < 4.78 is 27.3. The molecule has 4 nitrogen and oxygen atoms in total. The van der Waals surface area contributed by atoms with Crippen LogP contribution in [0.3, 0.4) is 0 Å². The van der Waals surface area contributed by atoms with Crippen LogP contribution in [0, 0.1) is 23.7 Å². The fourth-order valence-electron chi connectivity index (χ4n) is 10.9. The molecule has 40 heavy (non-hydrogen) atoms. The second kappa shape index (κ2) is 8.33. The first kappa shape index (κ1) is 29.1. The number of hydrogen-bond donors (Lipinski definition) is 0. The molecule has 8 heteroatoms. The van der Waals surface area contributed by atoms with Crippen LogP contribution in [0.1, 0.15) is 91.2 Å². The van der Waals surface area contributed by atoms with E-state index in [0.717, 1.165) is 17.8 Å². The molecule has 4 aliphatic carbocycles. The molecule has 4 aliphatic heterocycles. The fraction of sp³-hybridized carbons (Fsp3) is 0.812. The van der Waals surface area contributed by atoms with E-state index in [-0.39, 0.29) is 16.5 Å². The zero-order chi connectivity index (χ0) is 28.9. The van der Waals surface area contributed by atoms with E-state index in [1.54, 1.807) is 5.56 Å². The SMILES string of the molecule is CC1C2(C)OC3(C)CC(C)(O2)C(P)(c2ccc([Si]O[Si](C)(C)C)cc2C24CC5CC(CC(C5)C2(C)P)C4)C1(C)O3. The van der Waals surface area contributed by atoms with Crippen LogP contribution >= 0.6 is 18.5 Å². The highest BCUT2D eigenvalue weighted by Gasteiger charge is 2.80. The third kappa shape index (κ3) is 3.57. The second-order valence-electron chi connectivity index (χ2n) is 16.5. The molecule has 4 heterocycles. The molecule has 8 fully saturated rings. The van der Waals surface area contributed by atoms with Gasteiger partial charge in [-0.1, -0.05) is 32.0 Å². The summed E-state index contributed by atoms with van der Waals surface area (Å²) in [5, 5.41) is 1.07.